The van der Waals surface area contributed by atoms with Crippen LogP contribution in [0, 0.1) is 0 Å². The van der Waals surface area contributed by atoms with E-state index < -0.39 is 11.7 Å². The van der Waals surface area contributed by atoms with Crippen LogP contribution in [0.4, 0.5) is 4.79 Å². The van der Waals surface area contributed by atoms with Crippen molar-refractivity contribution in [1.29, 1.82) is 0 Å². The first kappa shape index (κ1) is 14.6. The van der Waals surface area contributed by atoms with Gasteiger partial charge in [0, 0.05) is 17.3 Å². The molecule has 2 atom stereocenters. The normalized spacial score (nSPS) is 23.7. The van der Waals surface area contributed by atoms with Gasteiger partial charge in [-0.2, -0.15) is 0 Å². The number of carbonyl (C=O) groups excluding carboxylic acids is 1. The number of aliphatic hydroxyl groups is 1. The maximum absolute atomic E-state index is 12.0. The van der Waals surface area contributed by atoms with Gasteiger partial charge in [-0.05, 0) is 32.9 Å². The van der Waals surface area contributed by atoms with E-state index in [4.69, 9.17) is 16.3 Å². The number of nitrogens with zero attached hydrogens (tertiary/aromatic N) is 1. The van der Waals surface area contributed by atoms with E-state index in [0.29, 0.717) is 17.4 Å². The molecule has 0 unspecified atom stereocenters. The monoisotopic (exact) mass is 303 g/mol. The van der Waals surface area contributed by atoms with Crippen LogP contribution in [-0.2, 0) is 4.74 Å². The summed E-state index contributed by atoms with van der Waals surface area (Å²) < 4.78 is 6.01. The van der Waals surface area contributed by atoms with Gasteiger partial charge in [0.05, 0.1) is 17.0 Å². The molecule has 1 fully saturated rings. The van der Waals surface area contributed by atoms with Gasteiger partial charge in [-0.3, -0.25) is 0 Å². The van der Waals surface area contributed by atoms with E-state index in [1.165, 1.54) is 11.3 Å². The number of hydrogen-bond acceptors (Lipinski definition) is 4. The molecule has 1 saturated heterocycles. The zero-order valence-corrected chi connectivity index (χ0v) is 12.8. The van der Waals surface area contributed by atoms with Gasteiger partial charge in [0.15, 0.2) is 0 Å². The Bertz CT molecular complexity index is 469. The smallest absolute Gasteiger partial charge is 0.410 e. The number of β-amino-alcohol motifs (C(OH)–C–C–N with tert-alkyl or cyclic N) is 1. The van der Waals surface area contributed by atoms with E-state index in [0.717, 1.165) is 4.88 Å². The van der Waals surface area contributed by atoms with Crippen molar-refractivity contribution in [3.05, 3.63) is 21.3 Å². The van der Waals surface area contributed by atoms with Crippen LogP contribution in [0.15, 0.2) is 12.1 Å². The van der Waals surface area contributed by atoms with Crippen molar-refractivity contribution >= 4 is 29.0 Å². The van der Waals surface area contributed by atoms with Crippen molar-refractivity contribution in [1.82, 2.24) is 4.90 Å². The van der Waals surface area contributed by atoms with E-state index in [1.807, 2.05) is 32.9 Å². The Hall–Kier alpha value is -0.780. The third-order valence-corrected chi connectivity index (χ3v) is 4.26. The number of rotatable bonds is 1. The minimum atomic E-state index is -0.567. The van der Waals surface area contributed by atoms with Crippen LogP contribution in [0.1, 0.15) is 31.6 Å². The maximum atomic E-state index is 12.0. The molecule has 0 radical (unpaired) electrons. The van der Waals surface area contributed by atoms with E-state index in [1.54, 1.807) is 4.90 Å². The van der Waals surface area contributed by atoms with E-state index in [2.05, 4.69) is 0 Å². The molecule has 1 N–H and O–H groups in total. The molecular formula is C13H18ClNO3S. The van der Waals surface area contributed by atoms with Crippen LogP contribution in [0.5, 0.6) is 0 Å². The van der Waals surface area contributed by atoms with Crippen molar-refractivity contribution in [2.75, 3.05) is 13.1 Å². The standard InChI is InChI=1S/C13H18ClNO3S/c1-13(2,3)18-12(17)15-6-8(9(16)7-15)10-4-5-11(14)19-10/h4-5,8-9,16H,6-7H2,1-3H3/t8-,9-/m1/s1. The molecule has 1 aromatic rings. The number of likely N-dealkylation sites (tertiary alicyclic amines) is 1. The number of carbonyl (C=O) groups is 1. The summed E-state index contributed by atoms with van der Waals surface area (Å²) in [5, 5.41) is 10.1. The van der Waals surface area contributed by atoms with E-state index in [-0.39, 0.29) is 12.0 Å². The summed E-state index contributed by atoms with van der Waals surface area (Å²) >= 11 is 7.35. The average Bonchev–Trinajstić information content (AvgIpc) is 2.82. The lowest BCUT2D eigenvalue weighted by atomic mass is 10.1. The van der Waals surface area contributed by atoms with Gasteiger partial charge in [0.1, 0.15) is 5.60 Å². The van der Waals surface area contributed by atoms with Crippen molar-refractivity contribution < 1.29 is 14.6 Å². The third-order valence-electron chi connectivity index (χ3n) is 2.90. The molecule has 0 bridgehead atoms. The van der Waals surface area contributed by atoms with Gasteiger partial charge in [-0.25, -0.2) is 4.79 Å². The van der Waals surface area contributed by atoms with Crippen molar-refractivity contribution in [2.45, 2.75) is 38.4 Å². The minimum Gasteiger partial charge on any atom is -0.444 e. The Kier molecular flexibility index (Phi) is 4.08. The predicted molar refractivity (Wildman–Crippen MR) is 75.9 cm³/mol. The number of hydrogen-bond donors (Lipinski definition) is 1. The fourth-order valence-corrected chi connectivity index (χ4v) is 3.28. The van der Waals surface area contributed by atoms with Crippen molar-refractivity contribution in [2.24, 2.45) is 0 Å². The largest absolute Gasteiger partial charge is 0.444 e. The fourth-order valence-electron chi connectivity index (χ4n) is 2.07. The Morgan fingerprint density at radius 2 is 2.16 bits per heavy atom. The summed E-state index contributed by atoms with van der Waals surface area (Å²) in [6.45, 7) is 6.25. The Morgan fingerprint density at radius 3 is 2.68 bits per heavy atom. The van der Waals surface area contributed by atoms with Crippen LogP contribution < -0.4 is 0 Å². The third kappa shape index (κ3) is 3.61. The summed E-state index contributed by atoms with van der Waals surface area (Å²) in [5.74, 6) is -0.0787. The minimum absolute atomic E-state index is 0.0787. The first-order chi connectivity index (χ1) is 8.76. The second-order valence-electron chi connectivity index (χ2n) is 5.70. The Labute approximate surface area is 121 Å². The summed E-state index contributed by atoms with van der Waals surface area (Å²) in [6, 6.07) is 3.71. The van der Waals surface area contributed by atoms with Crippen LogP contribution in [0.25, 0.3) is 0 Å². The molecule has 2 rings (SSSR count). The summed E-state index contributed by atoms with van der Waals surface area (Å²) in [6.07, 6.45) is -0.945. The number of aliphatic hydroxyl groups excluding tert-OH is 1. The number of thiophene rings is 1. The number of halogens is 1. The van der Waals surface area contributed by atoms with Gasteiger partial charge in [0.2, 0.25) is 0 Å². The zero-order valence-electron chi connectivity index (χ0n) is 11.2. The molecule has 0 aromatic carbocycles. The summed E-state index contributed by atoms with van der Waals surface area (Å²) in [4.78, 5) is 14.5. The molecule has 0 aliphatic carbocycles. The van der Waals surface area contributed by atoms with Gasteiger partial charge in [0.25, 0.3) is 0 Å². The Balaban J connectivity index is 2.03. The van der Waals surface area contributed by atoms with Crippen molar-refractivity contribution in [3.8, 4) is 0 Å². The molecule has 4 nitrogen and oxygen atoms in total. The van der Waals surface area contributed by atoms with Gasteiger partial charge < -0.3 is 14.7 Å². The molecule has 1 amide bonds. The highest BCUT2D eigenvalue weighted by Crippen LogP contribution is 2.34. The molecule has 106 valence electrons. The molecule has 6 heteroatoms. The van der Waals surface area contributed by atoms with Crippen LogP contribution in [0.2, 0.25) is 4.34 Å². The summed E-state index contributed by atoms with van der Waals surface area (Å²) in [7, 11) is 0. The molecule has 0 saturated carbocycles. The maximum Gasteiger partial charge on any atom is 0.410 e. The number of ether oxygens (including phenoxy) is 1. The van der Waals surface area contributed by atoms with Gasteiger partial charge >= 0.3 is 6.09 Å². The highest BCUT2D eigenvalue weighted by Gasteiger charge is 2.37. The molecule has 1 aromatic heterocycles. The quantitative estimate of drug-likeness (QED) is 0.867. The van der Waals surface area contributed by atoms with Gasteiger partial charge in [-0.1, -0.05) is 11.6 Å². The Morgan fingerprint density at radius 1 is 1.47 bits per heavy atom. The topological polar surface area (TPSA) is 49.8 Å². The first-order valence-electron chi connectivity index (χ1n) is 6.17. The second kappa shape index (κ2) is 5.31. The SMILES string of the molecule is CC(C)(C)OC(=O)N1C[C@@H](O)[C@H](c2ccc(Cl)s2)C1. The molecule has 1 aliphatic rings. The molecule has 19 heavy (non-hydrogen) atoms. The lowest BCUT2D eigenvalue weighted by Crippen LogP contribution is -2.35. The molecule has 1 aliphatic heterocycles. The lowest BCUT2D eigenvalue weighted by Gasteiger charge is -2.24. The molecule has 2 heterocycles. The zero-order chi connectivity index (χ0) is 14.2. The van der Waals surface area contributed by atoms with Crippen molar-refractivity contribution in [3.63, 3.8) is 0 Å². The van der Waals surface area contributed by atoms with Crippen LogP contribution in [-0.4, -0.2) is 40.9 Å². The molecule has 0 spiro atoms. The predicted octanol–water partition coefficient (Wildman–Crippen LogP) is 3.10. The van der Waals surface area contributed by atoms with Gasteiger partial charge in [-0.15, -0.1) is 11.3 Å². The van der Waals surface area contributed by atoms with E-state index in [9.17, 15) is 9.90 Å². The first-order valence-corrected chi connectivity index (χ1v) is 7.37. The highest BCUT2D eigenvalue weighted by atomic mass is 35.5. The highest BCUT2D eigenvalue weighted by molar-refractivity contribution is 7.16. The average molecular weight is 304 g/mol. The van der Waals surface area contributed by atoms with E-state index >= 15 is 0 Å². The summed E-state index contributed by atoms with van der Waals surface area (Å²) in [5.41, 5.74) is -0.521. The lowest BCUT2D eigenvalue weighted by molar-refractivity contribution is 0.0270. The second-order valence-corrected chi connectivity index (χ2v) is 7.45. The fraction of sp³-hybridized carbons (Fsp3) is 0.615. The number of amides is 1. The molecular weight excluding hydrogens is 286 g/mol. The van der Waals surface area contributed by atoms with Crippen LogP contribution >= 0.6 is 22.9 Å². The van der Waals surface area contributed by atoms with Crippen LogP contribution in [0.3, 0.4) is 0 Å².